The Bertz CT molecular complexity index is 954. The highest BCUT2D eigenvalue weighted by molar-refractivity contribution is 7.89. The number of aryl methyl sites for hydroxylation is 1. The van der Waals surface area contributed by atoms with Gasteiger partial charge in [-0.15, -0.1) is 0 Å². The van der Waals surface area contributed by atoms with E-state index >= 15 is 0 Å². The monoisotopic (exact) mass is 441 g/mol. The Morgan fingerprint density at radius 2 is 1.82 bits per heavy atom. The van der Waals surface area contributed by atoms with Crippen LogP contribution in [0.2, 0.25) is 10.0 Å². The number of nitrogens with zero attached hydrogens (tertiary/aromatic N) is 2. The molecule has 9 heteroatoms. The zero-order chi connectivity index (χ0) is 20.3. The Morgan fingerprint density at radius 3 is 2.43 bits per heavy atom. The minimum absolute atomic E-state index is 0.0680. The average molecular weight is 442 g/mol. The normalized spacial score (nSPS) is 16.1. The van der Waals surface area contributed by atoms with Crippen molar-refractivity contribution in [2.24, 2.45) is 5.92 Å². The smallest absolute Gasteiger partial charge is 0.243 e. The number of aromatic nitrogens is 1. The fourth-order valence-electron chi connectivity index (χ4n) is 3.20. The highest BCUT2D eigenvalue weighted by atomic mass is 35.5. The van der Waals surface area contributed by atoms with Gasteiger partial charge >= 0.3 is 0 Å². The number of rotatable bonds is 5. The number of carbonyl (C=O) groups is 1. The molecule has 1 fully saturated rings. The molecule has 0 spiro atoms. The summed E-state index contributed by atoms with van der Waals surface area (Å²) in [6, 6.07) is 9.91. The molecule has 0 aliphatic carbocycles. The summed E-state index contributed by atoms with van der Waals surface area (Å²) >= 11 is 11.9. The van der Waals surface area contributed by atoms with E-state index in [0.29, 0.717) is 19.4 Å². The van der Waals surface area contributed by atoms with Crippen molar-refractivity contribution in [2.45, 2.75) is 31.2 Å². The second-order valence-corrected chi connectivity index (χ2v) is 9.58. The van der Waals surface area contributed by atoms with Crippen molar-refractivity contribution < 1.29 is 13.2 Å². The molecule has 6 nitrogen and oxygen atoms in total. The highest BCUT2D eigenvalue weighted by Gasteiger charge is 2.32. The molecule has 0 radical (unpaired) electrons. The first-order valence-electron chi connectivity index (χ1n) is 8.92. The zero-order valence-electron chi connectivity index (χ0n) is 15.4. The van der Waals surface area contributed by atoms with Crippen LogP contribution in [0.5, 0.6) is 0 Å². The third kappa shape index (κ3) is 5.03. The second kappa shape index (κ2) is 8.78. The summed E-state index contributed by atoms with van der Waals surface area (Å²) in [5.41, 5.74) is 1.69. The van der Waals surface area contributed by atoms with Crippen LogP contribution in [0.25, 0.3) is 0 Å². The molecule has 3 rings (SSSR count). The molecule has 2 heterocycles. The molecule has 1 aromatic heterocycles. The van der Waals surface area contributed by atoms with Crippen LogP contribution < -0.4 is 5.32 Å². The fraction of sp³-hybridized carbons (Fsp3) is 0.368. The summed E-state index contributed by atoms with van der Waals surface area (Å²) in [7, 11) is -3.69. The molecule has 0 saturated carbocycles. The lowest BCUT2D eigenvalue weighted by atomic mass is 9.97. The molecular weight excluding hydrogens is 421 g/mol. The molecule has 1 amide bonds. The summed E-state index contributed by atoms with van der Waals surface area (Å²) in [4.78, 5) is 16.9. The third-order valence-electron chi connectivity index (χ3n) is 4.69. The van der Waals surface area contributed by atoms with E-state index in [2.05, 4.69) is 10.3 Å². The molecule has 1 aromatic carbocycles. The summed E-state index contributed by atoms with van der Waals surface area (Å²) in [6.07, 6.45) is 0.918. The Kier molecular flexibility index (Phi) is 6.60. The maximum Gasteiger partial charge on any atom is 0.243 e. The molecule has 0 atom stereocenters. The van der Waals surface area contributed by atoms with E-state index in [-0.39, 0.29) is 39.9 Å². The number of nitrogens with one attached hydrogen (secondary N) is 1. The van der Waals surface area contributed by atoms with Crippen molar-refractivity contribution in [1.82, 2.24) is 14.6 Å². The van der Waals surface area contributed by atoms with Gasteiger partial charge < -0.3 is 5.32 Å². The maximum atomic E-state index is 12.8. The van der Waals surface area contributed by atoms with Crippen LogP contribution in [0, 0.1) is 12.8 Å². The molecule has 1 N–H and O–H groups in total. The molecule has 0 bridgehead atoms. The number of halogens is 2. The van der Waals surface area contributed by atoms with Crippen molar-refractivity contribution in [1.29, 1.82) is 0 Å². The van der Waals surface area contributed by atoms with E-state index in [4.69, 9.17) is 23.2 Å². The number of carbonyl (C=O) groups excluding carboxylic acids is 1. The summed E-state index contributed by atoms with van der Waals surface area (Å²) in [6.45, 7) is 2.80. The van der Waals surface area contributed by atoms with E-state index in [1.165, 1.54) is 22.5 Å². The Hall–Kier alpha value is -1.67. The number of amides is 1. The topological polar surface area (TPSA) is 79.4 Å². The van der Waals surface area contributed by atoms with Gasteiger partial charge in [0.1, 0.15) is 0 Å². The zero-order valence-corrected chi connectivity index (χ0v) is 17.7. The highest BCUT2D eigenvalue weighted by Crippen LogP contribution is 2.28. The van der Waals surface area contributed by atoms with Crippen LogP contribution in [0.15, 0.2) is 41.3 Å². The van der Waals surface area contributed by atoms with Gasteiger partial charge in [0, 0.05) is 34.7 Å². The van der Waals surface area contributed by atoms with Crippen LogP contribution in [-0.2, 0) is 21.4 Å². The van der Waals surface area contributed by atoms with Crippen molar-refractivity contribution in [2.75, 3.05) is 13.1 Å². The molecule has 2 aromatic rings. The molecule has 0 unspecified atom stereocenters. The van der Waals surface area contributed by atoms with E-state index in [1.807, 2.05) is 25.1 Å². The van der Waals surface area contributed by atoms with Gasteiger partial charge in [-0.2, -0.15) is 4.31 Å². The third-order valence-corrected chi connectivity index (χ3v) is 7.00. The first-order valence-corrected chi connectivity index (χ1v) is 11.1. The quantitative estimate of drug-likeness (QED) is 0.770. The summed E-state index contributed by atoms with van der Waals surface area (Å²) < 4.78 is 27.0. The lowest BCUT2D eigenvalue weighted by Gasteiger charge is -2.30. The van der Waals surface area contributed by atoms with Crippen LogP contribution in [0.4, 0.5) is 0 Å². The minimum Gasteiger partial charge on any atom is -0.350 e. The second-order valence-electron chi connectivity index (χ2n) is 6.77. The molecular formula is C19H21Cl2N3O3S. The van der Waals surface area contributed by atoms with Crippen LogP contribution >= 0.6 is 23.2 Å². The SMILES string of the molecule is Cc1cccc(CNC(=O)C2CCN(S(=O)(=O)c3cc(Cl)cc(Cl)c3)CC2)n1. The first kappa shape index (κ1) is 21.0. The van der Waals surface area contributed by atoms with Crippen LogP contribution in [-0.4, -0.2) is 36.7 Å². The molecule has 1 saturated heterocycles. The van der Waals surface area contributed by atoms with E-state index in [9.17, 15) is 13.2 Å². The van der Waals surface area contributed by atoms with Crippen molar-refractivity contribution in [3.8, 4) is 0 Å². The van der Waals surface area contributed by atoms with Crippen LogP contribution in [0.3, 0.4) is 0 Å². The number of hydrogen-bond acceptors (Lipinski definition) is 4. The standard InChI is InChI=1S/C19H21Cl2N3O3S/c1-13-3-2-4-17(23-13)12-22-19(25)14-5-7-24(8-6-14)28(26,27)18-10-15(20)9-16(21)11-18/h2-4,9-11,14H,5-8,12H2,1H3,(H,22,25). The Labute approximate surface area is 174 Å². The number of benzene rings is 1. The van der Waals surface area contributed by atoms with Gasteiger partial charge in [0.15, 0.2) is 0 Å². The fourth-order valence-corrected chi connectivity index (χ4v) is 5.40. The molecule has 1 aliphatic heterocycles. The average Bonchev–Trinajstić information content (AvgIpc) is 2.65. The van der Waals surface area contributed by atoms with Gasteiger partial charge in [-0.05, 0) is 50.1 Å². The summed E-state index contributed by atoms with van der Waals surface area (Å²) in [5.74, 6) is -0.301. The number of pyridine rings is 1. The van der Waals surface area contributed by atoms with Crippen molar-refractivity contribution in [3.05, 3.63) is 57.8 Å². The maximum absolute atomic E-state index is 12.8. The molecule has 28 heavy (non-hydrogen) atoms. The lowest BCUT2D eigenvalue weighted by molar-refractivity contribution is -0.126. The van der Waals surface area contributed by atoms with E-state index in [1.54, 1.807) is 0 Å². The first-order chi connectivity index (χ1) is 13.3. The molecule has 150 valence electrons. The lowest BCUT2D eigenvalue weighted by Crippen LogP contribution is -2.42. The van der Waals surface area contributed by atoms with Gasteiger partial charge in [0.05, 0.1) is 17.1 Å². The number of hydrogen-bond donors (Lipinski definition) is 1. The van der Waals surface area contributed by atoms with Crippen LogP contribution in [0.1, 0.15) is 24.2 Å². The van der Waals surface area contributed by atoms with Gasteiger partial charge in [-0.1, -0.05) is 29.3 Å². The minimum atomic E-state index is -3.69. The Morgan fingerprint density at radius 1 is 1.18 bits per heavy atom. The van der Waals surface area contributed by atoms with E-state index < -0.39 is 10.0 Å². The summed E-state index contributed by atoms with van der Waals surface area (Å²) in [5, 5.41) is 3.43. The van der Waals surface area contributed by atoms with Crippen molar-refractivity contribution >= 4 is 39.1 Å². The predicted molar refractivity (Wildman–Crippen MR) is 109 cm³/mol. The largest absolute Gasteiger partial charge is 0.350 e. The molecule has 1 aliphatic rings. The van der Waals surface area contributed by atoms with Crippen molar-refractivity contribution in [3.63, 3.8) is 0 Å². The van der Waals surface area contributed by atoms with Gasteiger partial charge in [0.2, 0.25) is 15.9 Å². The van der Waals surface area contributed by atoms with Gasteiger partial charge in [-0.3, -0.25) is 9.78 Å². The predicted octanol–water partition coefficient (Wildman–Crippen LogP) is 3.41. The van der Waals surface area contributed by atoms with E-state index in [0.717, 1.165) is 11.4 Å². The van der Waals surface area contributed by atoms with Gasteiger partial charge in [-0.25, -0.2) is 8.42 Å². The number of piperidine rings is 1. The van der Waals surface area contributed by atoms with Gasteiger partial charge in [0.25, 0.3) is 0 Å². The number of sulfonamides is 1. The Balaban J connectivity index is 1.58.